The first-order chi connectivity index (χ1) is 15.4. The number of aromatic nitrogens is 2. The Bertz CT molecular complexity index is 1130. The molecule has 2 aromatic carbocycles. The highest BCUT2D eigenvalue weighted by molar-refractivity contribution is 6.30. The Kier molecular flexibility index (Phi) is 6.36. The van der Waals surface area contributed by atoms with E-state index in [0.29, 0.717) is 18.1 Å². The highest BCUT2D eigenvalue weighted by Gasteiger charge is 2.28. The second kappa shape index (κ2) is 9.35. The lowest BCUT2D eigenvalue weighted by atomic mass is 10.1. The first-order valence-electron chi connectivity index (χ1n) is 9.86. The molecule has 2 amide bonds. The van der Waals surface area contributed by atoms with Crippen molar-refractivity contribution in [2.75, 3.05) is 26.2 Å². The summed E-state index contributed by atoms with van der Waals surface area (Å²) in [4.78, 5) is 28.8. The average Bonchev–Trinajstić information content (AvgIpc) is 3.29. The Morgan fingerprint density at radius 1 is 0.938 bits per heavy atom. The van der Waals surface area contributed by atoms with Crippen LogP contribution in [0.25, 0.3) is 5.69 Å². The van der Waals surface area contributed by atoms with E-state index in [1.807, 2.05) is 6.07 Å². The van der Waals surface area contributed by atoms with Crippen LogP contribution >= 0.6 is 11.6 Å². The molecule has 1 aliphatic heterocycles. The van der Waals surface area contributed by atoms with E-state index in [2.05, 4.69) is 9.84 Å². The van der Waals surface area contributed by atoms with Gasteiger partial charge in [-0.3, -0.25) is 9.59 Å². The highest BCUT2D eigenvalue weighted by Crippen LogP contribution is 2.23. The minimum absolute atomic E-state index is 0.0628. The molecule has 0 atom stereocenters. The number of halogens is 3. The Morgan fingerprint density at radius 3 is 2.31 bits per heavy atom. The number of ether oxygens (including phenoxy) is 1. The summed E-state index contributed by atoms with van der Waals surface area (Å²) in [5.74, 6) is -0.838. The molecule has 1 fully saturated rings. The van der Waals surface area contributed by atoms with E-state index < -0.39 is 12.5 Å². The number of benzene rings is 2. The molecule has 166 valence electrons. The van der Waals surface area contributed by atoms with Gasteiger partial charge >= 0.3 is 6.61 Å². The zero-order valence-corrected chi connectivity index (χ0v) is 17.6. The van der Waals surface area contributed by atoms with Crippen LogP contribution in [0.15, 0.2) is 60.8 Å². The zero-order valence-electron chi connectivity index (χ0n) is 16.8. The molecule has 1 saturated heterocycles. The minimum Gasteiger partial charge on any atom is -0.434 e. The predicted octanol–water partition coefficient (Wildman–Crippen LogP) is 3.73. The van der Waals surface area contributed by atoms with Crippen LogP contribution in [-0.2, 0) is 0 Å². The summed E-state index contributed by atoms with van der Waals surface area (Å²) in [6, 6.07) is 14.6. The van der Waals surface area contributed by atoms with Crippen LogP contribution in [0.3, 0.4) is 0 Å². The van der Waals surface area contributed by atoms with Gasteiger partial charge in [0.05, 0.1) is 11.3 Å². The van der Waals surface area contributed by atoms with E-state index in [1.54, 1.807) is 46.1 Å². The molecular formula is C22H19ClF2N4O3. The van der Waals surface area contributed by atoms with E-state index >= 15 is 0 Å². The standard InChI is InChI=1S/C22H19ClF2N4O3/c23-15-4-3-5-16(14-15)29-9-8-18(26-29)21(31)28-12-10-27(11-13-28)20(30)17-6-1-2-7-19(17)32-22(24)25/h1-9,14,22H,10-13H2. The maximum absolute atomic E-state index is 12.9. The fraction of sp³-hybridized carbons (Fsp3) is 0.227. The highest BCUT2D eigenvalue weighted by atomic mass is 35.5. The third-order valence-corrected chi connectivity index (χ3v) is 5.30. The van der Waals surface area contributed by atoms with Gasteiger partial charge in [-0.25, -0.2) is 4.68 Å². The van der Waals surface area contributed by atoms with Crippen molar-refractivity contribution in [2.45, 2.75) is 6.61 Å². The molecule has 0 N–H and O–H groups in total. The van der Waals surface area contributed by atoms with E-state index in [4.69, 9.17) is 11.6 Å². The molecule has 0 bridgehead atoms. The molecule has 0 radical (unpaired) electrons. The molecule has 0 spiro atoms. The summed E-state index contributed by atoms with van der Waals surface area (Å²) in [6.07, 6.45) is 1.68. The van der Waals surface area contributed by atoms with Gasteiger partial charge in [0.15, 0.2) is 5.69 Å². The smallest absolute Gasteiger partial charge is 0.387 e. The van der Waals surface area contributed by atoms with Crippen molar-refractivity contribution in [3.8, 4) is 11.4 Å². The number of piperazine rings is 1. The van der Waals surface area contributed by atoms with Gasteiger partial charge in [0.25, 0.3) is 11.8 Å². The van der Waals surface area contributed by atoms with Crippen LogP contribution in [-0.4, -0.2) is 64.2 Å². The van der Waals surface area contributed by atoms with Crippen LogP contribution in [0.5, 0.6) is 5.75 Å². The average molecular weight is 461 g/mol. The lowest BCUT2D eigenvalue weighted by Crippen LogP contribution is -2.50. The Labute approximate surface area is 187 Å². The lowest BCUT2D eigenvalue weighted by Gasteiger charge is -2.34. The second-order valence-electron chi connectivity index (χ2n) is 7.08. The van der Waals surface area contributed by atoms with Crippen molar-refractivity contribution in [3.05, 3.63) is 77.1 Å². The van der Waals surface area contributed by atoms with Crippen LogP contribution in [0.4, 0.5) is 8.78 Å². The molecular weight excluding hydrogens is 442 g/mol. The molecule has 32 heavy (non-hydrogen) atoms. The number of amides is 2. The fourth-order valence-corrected chi connectivity index (χ4v) is 3.67. The summed E-state index contributed by atoms with van der Waals surface area (Å²) < 4.78 is 31.3. The minimum atomic E-state index is -3.02. The summed E-state index contributed by atoms with van der Waals surface area (Å²) in [6.45, 7) is -1.89. The maximum atomic E-state index is 12.9. The van der Waals surface area contributed by atoms with Crippen LogP contribution in [0.2, 0.25) is 5.02 Å². The lowest BCUT2D eigenvalue weighted by molar-refractivity contribution is -0.0503. The van der Waals surface area contributed by atoms with Crippen molar-refractivity contribution in [1.29, 1.82) is 0 Å². The van der Waals surface area contributed by atoms with Crippen LogP contribution in [0.1, 0.15) is 20.8 Å². The second-order valence-corrected chi connectivity index (χ2v) is 7.52. The number of hydrogen-bond donors (Lipinski definition) is 0. The number of rotatable bonds is 5. The maximum Gasteiger partial charge on any atom is 0.387 e. The number of nitrogens with zero attached hydrogens (tertiary/aromatic N) is 4. The summed E-state index contributed by atoms with van der Waals surface area (Å²) in [5.41, 5.74) is 1.07. The van der Waals surface area contributed by atoms with Crippen molar-refractivity contribution in [2.24, 2.45) is 0 Å². The van der Waals surface area contributed by atoms with Gasteiger partial charge in [-0.05, 0) is 36.4 Å². The Hall–Kier alpha value is -3.46. The topological polar surface area (TPSA) is 67.7 Å². The zero-order chi connectivity index (χ0) is 22.7. The Morgan fingerprint density at radius 2 is 1.62 bits per heavy atom. The van der Waals surface area contributed by atoms with Gasteiger partial charge < -0.3 is 14.5 Å². The first-order valence-corrected chi connectivity index (χ1v) is 10.2. The third-order valence-electron chi connectivity index (χ3n) is 5.07. The molecule has 1 aliphatic rings. The molecule has 2 heterocycles. The van der Waals surface area contributed by atoms with E-state index in [1.165, 1.54) is 23.1 Å². The van der Waals surface area contributed by atoms with Gasteiger partial charge in [0.2, 0.25) is 0 Å². The van der Waals surface area contributed by atoms with Crippen molar-refractivity contribution in [1.82, 2.24) is 19.6 Å². The molecule has 3 aromatic rings. The van der Waals surface area contributed by atoms with Crippen molar-refractivity contribution >= 4 is 23.4 Å². The largest absolute Gasteiger partial charge is 0.434 e. The molecule has 4 rings (SSSR count). The van der Waals surface area contributed by atoms with E-state index in [0.717, 1.165) is 5.69 Å². The molecule has 0 aliphatic carbocycles. The van der Waals surface area contributed by atoms with Gasteiger partial charge in [-0.1, -0.05) is 29.8 Å². The predicted molar refractivity (Wildman–Crippen MR) is 113 cm³/mol. The SMILES string of the molecule is O=C(c1ccn(-c2cccc(Cl)c2)n1)N1CCN(C(=O)c2ccccc2OC(F)F)CC1. The Balaban J connectivity index is 1.40. The van der Waals surface area contributed by atoms with Gasteiger partial charge in [0, 0.05) is 37.4 Å². The fourth-order valence-electron chi connectivity index (χ4n) is 3.49. The number of carbonyl (C=O) groups is 2. The van der Waals surface area contributed by atoms with Gasteiger partial charge in [-0.2, -0.15) is 13.9 Å². The number of hydrogen-bond acceptors (Lipinski definition) is 4. The van der Waals surface area contributed by atoms with Crippen LogP contribution < -0.4 is 4.74 Å². The molecule has 10 heteroatoms. The monoisotopic (exact) mass is 460 g/mol. The molecule has 0 saturated carbocycles. The first kappa shape index (κ1) is 21.8. The van der Waals surface area contributed by atoms with Crippen molar-refractivity contribution < 1.29 is 23.1 Å². The number of para-hydroxylation sites is 1. The number of carbonyl (C=O) groups excluding carboxylic acids is 2. The number of alkyl halides is 2. The van der Waals surface area contributed by atoms with Gasteiger partial charge in [-0.15, -0.1) is 0 Å². The molecule has 7 nitrogen and oxygen atoms in total. The third kappa shape index (κ3) is 4.72. The normalized spacial score (nSPS) is 14.0. The van der Waals surface area contributed by atoms with E-state index in [-0.39, 0.29) is 36.0 Å². The van der Waals surface area contributed by atoms with Crippen molar-refractivity contribution in [3.63, 3.8) is 0 Å². The molecule has 1 aromatic heterocycles. The summed E-state index contributed by atoms with van der Waals surface area (Å²) in [7, 11) is 0. The molecule has 0 unspecified atom stereocenters. The quantitative estimate of drug-likeness (QED) is 0.582. The van der Waals surface area contributed by atoms with Gasteiger partial charge in [0.1, 0.15) is 5.75 Å². The summed E-state index contributed by atoms with van der Waals surface area (Å²) in [5, 5.41) is 4.90. The van der Waals surface area contributed by atoms with Crippen LogP contribution in [0, 0.1) is 0 Å². The summed E-state index contributed by atoms with van der Waals surface area (Å²) >= 11 is 6.01. The van der Waals surface area contributed by atoms with E-state index in [9.17, 15) is 18.4 Å².